The van der Waals surface area contributed by atoms with Crippen molar-refractivity contribution in [3.63, 3.8) is 0 Å². The third-order valence-corrected chi connectivity index (χ3v) is 3.27. The van der Waals surface area contributed by atoms with Crippen LogP contribution in [-0.4, -0.2) is 67.6 Å². The third kappa shape index (κ3) is 3.83. The zero-order valence-corrected chi connectivity index (χ0v) is 10.0. The van der Waals surface area contributed by atoms with Crippen molar-refractivity contribution in [3.8, 4) is 0 Å². The molecule has 2 aliphatic rings. The minimum absolute atomic E-state index is 0.0875. The molecular weight excluding hydrogens is 222 g/mol. The minimum atomic E-state index is -0.335. The summed E-state index contributed by atoms with van der Waals surface area (Å²) in [6, 6.07) is 0.506. The minimum Gasteiger partial charge on any atom is -0.443 e. The SMILES string of the molecule is O=C1NCC(CN(CCO)CC2CCCN2)O1. The van der Waals surface area contributed by atoms with Crippen LogP contribution >= 0.6 is 0 Å². The Hall–Kier alpha value is -0.850. The molecule has 2 rings (SSSR count). The summed E-state index contributed by atoms with van der Waals surface area (Å²) in [5, 5.41) is 15.1. The third-order valence-electron chi connectivity index (χ3n) is 3.27. The van der Waals surface area contributed by atoms with Crippen LogP contribution < -0.4 is 10.6 Å². The van der Waals surface area contributed by atoms with Crippen LogP contribution in [0.3, 0.4) is 0 Å². The molecule has 2 fully saturated rings. The highest BCUT2D eigenvalue weighted by Gasteiger charge is 2.26. The van der Waals surface area contributed by atoms with Gasteiger partial charge in [-0.25, -0.2) is 4.79 Å². The van der Waals surface area contributed by atoms with Gasteiger partial charge in [0.25, 0.3) is 0 Å². The lowest BCUT2D eigenvalue weighted by Crippen LogP contribution is -2.43. The van der Waals surface area contributed by atoms with E-state index in [2.05, 4.69) is 15.5 Å². The first-order valence-corrected chi connectivity index (χ1v) is 6.29. The van der Waals surface area contributed by atoms with Crippen LogP contribution in [0.4, 0.5) is 4.79 Å². The molecule has 2 saturated heterocycles. The van der Waals surface area contributed by atoms with Gasteiger partial charge in [0.05, 0.1) is 13.2 Å². The van der Waals surface area contributed by atoms with Gasteiger partial charge in [0.2, 0.25) is 0 Å². The maximum absolute atomic E-state index is 10.9. The first-order valence-electron chi connectivity index (χ1n) is 6.29. The fourth-order valence-corrected chi connectivity index (χ4v) is 2.44. The summed E-state index contributed by atoms with van der Waals surface area (Å²) in [4.78, 5) is 13.1. The molecule has 2 atom stereocenters. The number of aliphatic hydroxyl groups is 1. The van der Waals surface area contributed by atoms with Gasteiger partial charge in [-0.3, -0.25) is 4.90 Å². The molecule has 0 saturated carbocycles. The van der Waals surface area contributed by atoms with Gasteiger partial charge >= 0.3 is 6.09 Å². The normalized spacial score (nSPS) is 28.5. The van der Waals surface area contributed by atoms with Gasteiger partial charge in [-0.05, 0) is 19.4 Å². The van der Waals surface area contributed by atoms with Crippen LogP contribution in [0.25, 0.3) is 0 Å². The molecule has 98 valence electrons. The molecule has 0 radical (unpaired) electrons. The lowest BCUT2D eigenvalue weighted by Gasteiger charge is -2.26. The van der Waals surface area contributed by atoms with Crippen LogP contribution in [0.1, 0.15) is 12.8 Å². The topological polar surface area (TPSA) is 73.8 Å². The van der Waals surface area contributed by atoms with Gasteiger partial charge in [-0.1, -0.05) is 0 Å². The Bertz CT molecular complexity index is 256. The van der Waals surface area contributed by atoms with Crippen molar-refractivity contribution in [2.24, 2.45) is 0 Å². The molecular formula is C11H21N3O3. The van der Waals surface area contributed by atoms with E-state index in [9.17, 15) is 4.79 Å². The van der Waals surface area contributed by atoms with Crippen molar-refractivity contribution in [2.45, 2.75) is 25.0 Å². The molecule has 6 nitrogen and oxygen atoms in total. The molecule has 0 aromatic heterocycles. The van der Waals surface area contributed by atoms with Gasteiger partial charge < -0.3 is 20.5 Å². The Balaban J connectivity index is 1.76. The molecule has 17 heavy (non-hydrogen) atoms. The van der Waals surface area contributed by atoms with E-state index < -0.39 is 0 Å². The zero-order chi connectivity index (χ0) is 12.1. The molecule has 0 bridgehead atoms. The van der Waals surface area contributed by atoms with Crippen LogP contribution in [0.5, 0.6) is 0 Å². The summed E-state index contributed by atoms with van der Waals surface area (Å²) in [6.07, 6.45) is 1.98. The van der Waals surface area contributed by atoms with Crippen LogP contribution in [0, 0.1) is 0 Å². The van der Waals surface area contributed by atoms with Crippen molar-refractivity contribution in [1.82, 2.24) is 15.5 Å². The summed E-state index contributed by atoms with van der Waals surface area (Å²) in [6.45, 7) is 4.02. The summed E-state index contributed by atoms with van der Waals surface area (Å²) < 4.78 is 5.11. The van der Waals surface area contributed by atoms with E-state index in [1.165, 1.54) is 12.8 Å². The molecule has 2 aliphatic heterocycles. The van der Waals surface area contributed by atoms with Crippen LogP contribution in [-0.2, 0) is 4.74 Å². The first kappa shape index (κ1) is 12.6. The molecule has 2 heterocycles. The lowest BCUT2D eigenvalue weighted by atomic mass is 10.2. The highest BCUT2D eigenvalue weighted by Crippen LogP contribution is 2.09. The molecule has 3 N–H and O–H groups in total. The van der Waals surface area contributed by atoms with E-state index in [0.29, 0.717) is 25.7 Å². The average molecular weight is 243 g/mol. The predicted molar refractivity (Wildman–Crippen MR) is 62.8 cm³/mol. The number of carbonyl (C=O) groups is 1. The second kappa shape index (κ2) is 6.18. The number of amides is 1. The molecule has 0 spiro atoms. The number of nitrogens with one attached hydrogen (secondary N) is 2. The van der Waals surface area contributed by atoms with Gasteiger partial charge in [0, 0.05) is 25.7 Å². The second-order valence-corrected chi connectivity index (χ2v) is 4.68. The summed E-state index contributed by atoms with van der Waals surface area (Å²) in [7, 11) is 0. The Morgan fingerprint density at radius 1 is 1.47 bits per heavy atom. The molecule has 6 heteroatoms. The summed E-state index contributed by atoms with van der Waals surface area (Å²) in [5.41, 5.74) is 0. The van der Waals surface area contributed by atoms with Crippen molar-refractivity contribution in [2.75, 3.05) is 39.3 Å². The largest absolute Gasteiger partial charge is 0.443 e. The Morgan fingerprint density at radius 2 is 2.35 bits per heavy atom. The number of cyclic esters (lactones) is 1. The van der Waals surface area contributed by atoms with E-state index in [4.69, 9.17) is 9.84 Å². The Morgan fingerprint density at radius 3 is 2.94 bits per heavy atom. The number of aliphatic hydroxyl groups excluding tert-OH is 1. The van der Waals surface area contributed by atoms with Gasteiger partial charge in [-0.2, -0.15) is 0 Å². The van der Waals surface area contributed by atoms with Gasteiger partial charge in [-0.15, -0.1) is 0 Å². The second-order valence-electron chi connectivity index (χ2n) is 4.68. The van der Waals surface area contributed by atoms with Crippen molar-refractivity contribution >= 4 is 6.09 Å². The van der Waals surface area contributed by atoms with Crippen LogP contribution in [0.15, 0.2) is 0 Å². The molecule has 2 unspecified atom stereocenters. The molecule has 0 aromatic carbocycles. The fraction of sp³-hybridized carbons (Fsp3) is 0.909. The molecule has 0 aromatic rings. The first-order chi connectivity index (χ1) is 8.28. The van der Waals surface area contributed by atoms with Gasteiger partial charge in [0.1, 0.15) is 6.10 Å². The summed E-state index contributed by atoms with van der Waals surface area (Å²) in [5.74, 6) is 0. The number of ether oxygens (including phenoxy) is 1. The highest BCUT2D eigenvalue weighted by atomic mass is 16.6. The van der Waals surface area contributed by atoms with Crippen LogP contribution in [0.2, 0.25) is 0 Å². The van der Waals surface area contributed by atoms with Crippen molar-refractivity contribution in [3.05, 3.63) is 0 Å². The standard InChI is InChI=1S/C11H21N3O3/c15-5-4-14(7-9-2-1-3-12-9)8-10-6-13-11(16)17-10/h9-10,12,15H,1-8H2,(H,13,16). The highest BCUT2D eigenvalue weighted by molar-refractivity contribution is 5.69. The number of hydrogen-bond donors (Lipinski definition) is 3. The number of carbonyl (C=O) groups excluding carboxylic acids is 1. The smallest absolute Gasteiger partial charge is 0.407 e. The van der Waals surface area contributed by atoms with Gasteiger partial charge in [0.15, 0.2) is 0 Å². The monoisotopic (exact) mass is 243 g/mol. The van der Waals surface area contributed by atoms with E-state index in [1.54, 1.807) is 0 Å². The Kier molecular flexibility index (Phi) is 4.58. The molecule has 0 aliphatic carbocycles. The fourth-order valence-electron chi connectivity index (χ4n) is 2.44. The van der Waals surface area contributed by atoms with E-state index in [-0.39, 0.29) is 18.8 Å². The number of nitrogens with zero attached hydrogens (tertiary/aromatic N) is 1. The lowest BCUT2D eigenvalue weighted by molar-refractivity contribution is 0.0957. The molecule has 1 amide bonds. The summed E-state index contributed by atoms with van der Waals surface area (Å²) >= 11 is 0. The van der Waals surface area contributed by atoms with E-state index in [0.717, 1.165) is 13.1 Å². The average Bonchev–Trinajstić information content (AvgIpc) is 2.91. The maximum atomic E-state index is 10.9. The van der Waals surface area contributed by atoms with E-state index >= 15 is 0 Å². The number of rotatable bonds is 6. The number of alkyl carbamates (subject to hydrolysis) is 1. The Labute approximate surface area is 101 Å². The van der Waals surface area contributed by atoms with Crippen molar-refractivity contribution in [1.29, 1.82) is 0 Å². The predicted octanol–water partition coefficient (Wildman–Crippen LogP) is -0.859. The number of hydrogen-bond acceptors (Lipinski definition) is 5. The quantitative estimate of drug-likeness (QED) is 0.566. The van der Waals surface area contributed by atoms with E-state index in [1.807, 2.05) is 0 Å². The van der Waals surface area contributed by atoms with Crippen molar-refractivity contribution < 1.29 is 14.6 Å². The zero-order valence-electron chi connectivity index (χ0n) is 10.0. The maximum Gasteiger partial charge on any atom is 0.407 e.